The zero-order valence-electron chi connectivity index (χ0n) is 9.62. The maximum absolute atomic E-state index is 11.9. The van der Waals surface area contributed by atoms with Crippen molar-refractivity contribution in [2.45, 2.75) is 25.8 Å². The largest absolute Gasteiger partial charge is 0.507 e. The monoisotopic (exact) mass is 252 g/mol. The van der Waals surface area contributed by atoms with E-state index in [0.717, 1.165) is 0 Å². The summed E-state index contributed by atoms with van der Waals surface area (Å²) in [5.41, 5.74) is -0.890. The van der Waals surface area contributed by atoms with Crippen LogP contribution >= 0.6 is 11.6 Å². The topological polar surface area (TPSA) is 73.1 Å². The minimum Gasteiger partial charge on any atom is -0.507 e. The molecule has 5 heteroatoms. The van der Waals surface area contributed by atoms with Crippen molar-refractivity contribution in [1.82, 2.24) is 5.32 Å². The number of amides is 1. The van der Waals surface area contributed by atoms with E-state index in [0.29, 0.717) is 11.4 Å². The predicted molar refractivity (Wildman–Crippen MR) is 64.9 cm³/mol. The third-order valence-corrected chi connectivity index (χ3v) is 2.78. The number of rotatable bonds is 3. The molecule has 0 spiro atoms. The van der Waals surface area contributed by atoms with Gasteiger partial charge in [0.1, 0.15) is 11.3 Å². The molecule has 0 heterocycles. The van der Waals surface area contributed by atoms with Gasteiger partial charge in [-0.1, -0.05) is 18.5 Å². The fraction of sp³-hybridized carbons (Fsp3) is 0.333. The van der Waals surface area contributed by atoms with Crippen LogP contribution in [0.5, 0.6) is 5.75 Å². The highest BCUT2D eigenvalue weighted by atomic mass is 35.5. The zero-order valence-corrected chi connectivity index (χ0v) is 10.4. The lowest BCUT2D eigenvalue weighted by Crippen LogP contribution is -2.44. The molecule has 17 heavy (non-hydrogen) atoms. The van der Waals surface area contributed by atoms with Gasteiger partial charge in [0.25, 0.3) is 5.91 Å². The van der Waals surface area contributed by atoms with Gasteiger partial charge in [-0.15, -0.1) is 0 Å². The number of aromatic hydroxyl groups is 1. The lowest BCUT2D eigenvalue weighted by atomic mass is 10.0. The van der Waals surface area contributed by atoms with Crippen molar-refractivity contribution < 1.29 is 9.90 Å². The second kappa shape index (κ2) is 5.07. The summed E-state index contributed by atoms with van der Waals surface area (Å²) < 4.78 is 0. The SMILES string of the molecule is CCC(C)(C#N)NC(=O)c1cc(Cl)ccc1O. The summed E-state index contributed by atoms with van der Waals surface area (Å²) in [7, 11) is 0. The molecule has 1 atom stereocenters. The van der Waals surface area contributed by atoms with E-state index in [9.17, 15) is 9.90 Å². The van der Waals surface area contributed by atoms with E-state index in [4.69, 9.17) is 16.9 Å². The van der Waals surface area contributed by atoms with Gasteiger partial charge in [-0.05, 0) is 31.5 Å². The van der Waals surface area contributed by atoms with Crippen LogP contribution in [0.2, 0.25) is 5.02 Å². The van der Waals surface area contributed by atoms with Gasteiger partial charge in [0.05, 0.1) is 11.6 Å². The van der Waals surface area contributed by atoms with Crippen LogP contribution in [0.4, 0.5) is 0 Å². The van der Waals surface area contributed by atoms with Crippen LogP contribution in [0.1, 0.15) is 30.6 Å². The third kappa shape index (κ3) is 3.11. The quantitative estimate of drug-likeness (QED) is 0.868. The predicted octanol–water partition coefficient (Wildman–Crippen LogP) is 2.47. The number of carbonyl (C=O) groups excluding carboxylic acids is 1. The first-order valence-electron chi connectivity index (χ1n) is 5.14. The highest BCUT2D eigenvalue weighted by Gasteiger charge is 2.25. The lowest BCUT2D eigenvalue weighted by Gasteiger charge is -2.21. The number of nitriles is 1. The van der Waals surface area contributed by atoms with E-state index in [1.807, 2.05) is 6.07 Å². The molecular weight excluding hydrogens is 240 g/mol. The molecule has 0 aliphatic rings. The molecule has 1 aromatic rings. The zero-order chi connectivity index (χ0) is 13.1. The van der Waals surface area contributed by atoms with Crippen LogP contribution < -0.4 is 5.32 Å². The van der Waals surface area contributed by atoms with Gasteiger partial charge in [0, 0.05) is 5.02 Å². The van der Waals surface area contributed by atoms with Gasteiger partial charge in [-0.25, -0.2) is 0 Å². The molecule has 0 bridgehead atoms. The van der Waals surface area contributed by atoms with Crippen molar-refractivity contribution >= 4 is 17.5 Å². The second-order valence-electron chi connectivity index (χ2n) is 3.91. The number of nitrogens with zero attached hydrogens (tertiary/aromatic N) is 1. The van der Waals surface area contributed by atoms with Crippen molar-refractivity contribution in [3.63, 3.8) is 0 Å². The summed E-state index contributed by atoms with van der Waals surface area (Å²) in [6, 6.07) is 6.20. The lowest BCUT2D eigenvalue weighted by molar-refractivity contribution is 0.0920. The average Bonchev–Trinajstić information content (AvgIpc) is 2.32. The third-order valence-electron chi connectivity index (χ3n) is 2.55. The van der Waals surface area contributed by atoms with Crippen LogP contribution in [-0.2, 0) is 0 Å². The minimum absolute atomic E-state index is 0.0624. The standard InChI is InChI=1S/C12H13ClN2O2/c1-3-12(2,7-14)15-11(17)9-6-8(13)4-5-10(9)16/h4-6,16H,3H2,1-2H3,(H,15,17). The molecule has 1 rings (SSSR count). The highest BCUT2D eigenvalue weighted by Crippen LogP contribution is 2.22. The van der Waals surface area contributed by atoms with E-state index in [-0.39, 0.29) is 11.3 Å². The summed E-state index contributed by atoms with van der Waals surface area (Å²) in [6.45, 7) is 3.41. The molecule has 0 saturated carbocycles. The summed E-state index contributed by atoms with van der Waals surface area (Å²) in [5, 5.41) is 21.4. The first-order valence-corrected chi connectivity index (χ1v) is 5.52. The highest BCUT2D eigenvalue weighted by molar-refractivity contribution is 6.31. The van der Waals surface area contributed by atoms with E-state index >= 15 is 0 Å². The number of phenolic OH excluding ortho intramolecular Hbond substituents is 1. The summed E-state index contributed by atoms with van der Waals surface area (Å²) in [5.74, 6) is -0.681. The molecule has 90 valence electrons. The Hall–Kier alpha value is -1.73. The first kappa shape index (κ1) is 13.3. The van der Waals surface area contributed by atoms with Crippen molar-refractivity contribution in [3.05, 3.63) is 28.8 Å². The van der Waals surface area contributed by atoms with Crippen molar-refractivity contribution in [2.75, 3.05) is 0 Å². The van der Waals surface area contributed by atoms with Gasteiger partial charge in [-0.2, -0.15) is 5.26 Å². The number of nitrogens with one attached hydrogen (secondary N) is 1. The van der Waals surface area contributed by atoms with Crippen LogP contribution in [0.15, 0.2) is 18.2 Å². The maximum Gasteiger partial charge on any atom is 0.256 e. The Morgan fingerprint density at radius 3 is 2.82 bits per heavy atom. The van der Waals surface area contributed by atoms with Crippen LogP contribution in [-0.4, -0.2) is 16.6 Å². The molecule has 1 amide bonds. The first-order chi connectivity index (χ1) is 7.91. The van der Waals surface area contributed by atoms with E-state index in [2.05, 4.69) is 5.32 Å². The van der Waals surface area contributed by atoms with Crippen molar-refractivity contribution in [1.29, 1.82) is 5.26 Å². The summed E-state index contributed by atoms with van der Waals surface area (Å²) in [4.78, 5) is 11.9. The Morgan fingerprint density at radius 1 is 1.65 bits per heavy atom. The van der Waals surface area contributed by atoms with E-state index in [1.165, 1.54) is 18.2 Å². The van der Waals surface area contributed by atoms with Gasteiger partial charge in [0.2, 0.25) is 0 Å². The maximum atomic E-state index is 11.9. The number of hydrogen-bond donors (Lipinski definition) is 2. The molecule has 4 nitrogen and oxygen atoms in total. The smallest absolute Gasteiger partial charge is 0.256 e. The number of carbonyl (C=O) groups is 1. The Morgan fingerprint density at radius 2 is 2.29 bits per heavy atom. The molecule has 0 aromatic heterocycles. The van der Waals surface area contributed by atoms with Gasteiger partial charge in [0.15, 0.2) is 0 Å². The van der Waals surface area contributed by atoms with Gasteiger partial charge < -0.3 is 10.4 Å². The molecule has 0 fully saturated rings. The summed E-state index contributed by atoms with van der Waals surface area (Å²) >= 11 is 5.74. The summed E-state index contributed by atoms with van der Waals surface area (Å²) in [6.07, 6.45) is 0.469. The van der Waals surface area contributed by atoms with E-state index < -0.39 is 11.4 Å². The Balaban J connectivity index is 2.99. The number of benzene rings is 1. The molecule has 0 saturated heterocycles. The van der Waals surface area contributed by atoms with Crippen molar-refractivity contribution in [3.8, 4) is 11.8 Å². The van der Waals surface area contributed by atoms with Crippen molar-refractivity contribution in [2.24, 2.45) is 0 Å². The number of halogens is 1. The molecular formula is C12H13ClN2O2. The number of phenols is 1. The minimum atomic E-state index is -0.953. The fourth-order valence-corrected chi connectivity index (χ4v) is 1.38. The molecule has 0 aliphatic carbocycles. The van der Waals surface area contributed by atoms with Crippen LogP contribution in [0, 0.1) is 11.3 Å². The fourth-order valence-electron chi connectivity index (χ4n) is 1.20. The molecule has 0 aliphatic heterocycles. The molecule has 0 radical (unpaired) electrons. The number of hydrogen-bond acceptors (Lipinski definition) is 3. The Kier molecular flexibility index (Phi) is 3.97. The van der Waals surface area contributed by atoms with Crippen LogP contribution in [0.3, 0.4) is 0 Å². The van der Waals surface area contributed by atoms with Crippen LogP contribution in [0.25, 0.3) is 0 Å². The van der Waals surface area contributed by atoms with E-state index in [1.54, 1.807) is 13.8 Å². The van der Waals surface area contributed by atoms with Gasteiger partial charge in [-0.3, -0.25) is 4.79 Å². The molecule has 2 N–H and O–H groups in total. The Bertz CT molecular complexity index is 482. The molecule has 1 unspecified atom stereocenters. The second-order valence-corrected chi connectivity index (χ2v) is 4.35. The Labute approximate surface area is 105 Å². The normalized spacial score (nSPS) is 13.5. The molecule has 1 aromatic carbocycles. The average molecular weight is 253 g/mol. The van der Waals surface area contributed by atoms with Gasteiger partial charge >= 0.3 is 0 Å².